The first-order valence-corrected chi connectivity index (χ1v) is 5.70. The molecule has 3 N–H and O–H groups in total. The van der Waals surface area contributed by atoms with E-state index in [4.69, 9.17) is 5.73 Å². The molecule has 1 aliphatic rings. The van der Waals surface area contributed by atoms with E-state index in [2.05, 4.69) is 18.3 Å². The van der Waals surface area contributed by atoms with Gasteiger partial charge in [-0.2, -0.15) is 0 Å². The fraction of sp³-hybridized carbons (Fsp3) is 0.462. The van der Waals surface area contributed by atoms with Gasteiger partial charge in [0.05, 0.1) is 0 Å². The van der Waals surface area contributed by atoms with Crippen molar-refractivity contribution >= 4 is 5.91 Å². The predicted octanol–water partition coefficient (Wildman–Crippen LogP) is 1.48. The molecule has 0 heterocycles. The maximum absolute atomic E-state index is 11.7. The van der Waals surface area contributed by atoms with E-state index in [1.165, 1.54) is 5.56 Å². The van der Waals surface area contributed by atoms with Gasteiger partial charge in [0.25, 0.3) is 0 Å². The van der Waals surface area contributed by atoms with Crippen LogP contribution in [0.1, 0.15) is 36.8 Å². The number of hydrogen-bond donors (Lipinski definition) is 2. The summed E-state index contributed by atoms with van der Waals surface area (Å²) in [6.07, 6.45) is 1.76. The first-order valence-electron chi connectivity index (χ1n) is 5.70. The van der Waals surface area contributed by atoms with Crippen molar-refractivity contribution in [1.29, 1.82) is 0 Å². The molecule has 2 rings (SSSR count). The van der Waals surface area contributed by atoms with Crippen LogP contribution >= 0.6 is 0 Å². The number of nitrogens with one attached hydrogen (secondary N) is 1. The Balaban J connectivity index is 2.60. The zero-order chi connectivity index (χ0) is 11.8. The van der Waals surface area contributed by atoms with E-state index in [1.54, 1.807) is 7.05 Å². The van der Waals surface area contributed by atoms with E-state index in [0.717, 1.165) is 18.4 Å². The summed E-state index contributed by atoms with van der Waals surface area (Å²) in [7, 11) is 1.80. The summed E-state index contributed by atoms with van der Waals surface area (Å²) in [5.41, 5.74) is 7.18. The summed E-state index contributed by atoms with van der Waals surface area (Å²) < 4.78 is 0. The molecule has 0 bridgehead atoms. The monoisotopic (exact) mass is 218 g/mol. The minimum atomic E-state index is -0.677. The number of carbonyl (C=O) groups excluding carboxylic acids is 1. The van der Waals surface area contributed by atoms with Crippen LogP contribution in [-0.4, -0.2) is 13.0 Å². The summed E-state index contributed by atoms with van der Waals surface area (Å²) >= 11 is 0. The minimum absolute atomic E-state index is 0.283. The molecule has 2 unspecified atom stereocenters. The van der Waals surface area contributed by atoms with Gasteiger partial charge >= 0.3 is 0 Å². The predicted molar refractivity (Wildman–Crippen MR) is 64.0 cm³/mol. The highest BCUT2D eigenvalue weighted by atomic mass is 16.1. The second-order valence-corrected chi connectivity index (χ2v) is 4.55. The molecule has 1 aliphatic carbocycles. The molecule has 3 nitrogen and oxygen atoms in total. The van der Waals surface area contributed by atoms with E-state index in [9.17, 15) is 4.79 Å². The lowest BCUT2D eigenvalue weighted by Crippen LogP contribution is -2.53. The van der Waals surface area contributed by atoms with E-state index in [1.807, 2.05) is 18.2 Å². The SMILES string of the molecule is CNC1(C(N)=O)CCC(C)c2ccccc21. The maximum Gasteiger partial charge on any atom is 0.242 e. The Bertz CT molecular complexity index is 416. The van der Waals surface area contributed by atoms with Crippen LogP contribution in [0.3, 0.4) is 0 Å². The molecule has 16 heavy (non-hydrogen) atoms. The highest BCUT2D eigenvalue weighted by Crippen LogP contribution is 2.40. The Morgan fingerprint density at radius 3 is 2.81 bits per heavy atom. The summed E-state index contributed by atoms with van der Waals surface area (Å²) in [6, 6.07) is 8.08. The van der Waals surface area contributed by atoms with Crippen LogP contribution in [0.5, 0.6) is 0 Å². The third-order valence-corrected chi connectivity index (χ3v) is 3.75. The molecular weight excluding hydrogens is 200 g/mol. The number of hydrogen-bond acceptors (Lipinski definition) is 2. The molecule has 3 heteroatoms. The van der Waals surface area contributed by atoms with Gasteiger partial charge < -0.3 is 11.1 Å². The lowest BCUT2D eigenvalue weighted by Gasteiger charge is -2.38. The van der Waals surface area contributed by atoms with Crippen LogP contribution in [0.25, 0.3) is 0 Å². The largest absolute Gasteiger partial charge is 0.368 e. The van der Waals surface area contributed by atoms with Crippen molar-refractivity contribution in [2.45, 2.75) is 31.2 Å². The van der Waals surface area contributed by atoms with E-state index in [0.29, 0.717) is 5.92 Å². The standard InChI is InChI=1S/C13H18N2O/c1-9-7-8-13(15-2,12(14)16)11-6-4-3-5-10(9)11/h3-6,9,15H,7-8H2,1-2H3,(H2,14,16). The highest BCUT2D eigenvalue weighted by Gasteiger charge is 2.42. The number of likely N-dealkylation sites (N-methyl/N-ethyl adjacent to an activating group) is 1. The first-order chi connectivity index (χ1) is 7.62. The van der Waals surface area contributed by atoms with Crippen LogP contribution in [0.15, 0.2) is 24.3 Å². The van der Waals surface area contributed by atoms with Crippen LogP contribution in [-0.2, 0) is 10.3 Å². The van der Waals surface area contributed by atoms with Gasteiger partial charge in [0.15, 0.2) is 0 Å². The Morgan fingerprint density at radius 1 is 1.50 bits per heavy atom. The molecule has 0 spiro atoms. The lowest BCUT2D eigenvalue weighted by molar-refractivity contribution is -0.125. The van der Waals surface area contributed by atoms with Crippen molar-refractivity contribution in [3.63, 3.8) is 0 Å². The quantitative estimate of drug-likeness (QED) is 0.790. The Labute approximate surface area is 96.0 Å². The highest BCUT2D eigenvalue weighted by molar-refractivity contribution is 5.87. The van der Waals surface area contributed by atoms with Gasteiger partial charge in [-0.05, 0) is 36.9 Å². The van der Waals surface area contributed by atoms with E-state index >= 15 is 0 Å². The number of primary amides is 1. The van der Waals surface area contributed by atoms with E-state index < -0.39 is 5.54 Å². The zero-order valence-corrected chi connectivity index (χ0v) is 9.79. The maximum atomic E-state index is 11.7. The second kappa shape index (κ2) is 3.91. The second-order valence-electron chi connectivity index (χ2n) is 4.55. The van der Waals surface area contributed by atoms with Crippen LogP contribution < -0.4 is 11.1 Å². The lowest BCUT2D eigenvalue weighted by atomic mass is 9.72. The molecule has 0 aliphatic heterocycles. The summed E-state index contributed by atoms with van der Waals surface area (Å²) in [6.45, 7) is 2.19. The fourth-order valence-electron chi connectivity index (χ4n) is 2.68. The first kappa shape index (κ1) is 11.1. The van der Waals surface area contributed by atoms with Gasteiger partial charge in [-0.25, -0.2) is 0 Å². The topological polar surface area (TPSA) is 55.1 Å². The van der Waals surface area contributed by atoms with Gasteiger partial charge in [-0.1, -0.05) is 31.2 Å². The Morgan fingerprint density at radius 2 is 2.19 bits per heavy atom. The number of carbonyl (C=O) groups is 1. The van der Waals surface area contributed by atoms with Crippen LogP contribution in [0.2, 0.25) is 0 Å². The zero-order valence-electron chi connectivity index (χ0n) is 9.79. The van der Waals surface area contributed by atoms with Gasteiger partial charge in [0.1, 0.15) is 5.54 Å². The molecule has 1 aromatic rings. The number of nitrogens with two attached hydrogens (primary N) is 1. The van der Waals surface area contributed by atoms with Crippen LogP contribution in [0, 0.1) is 0 Å². The smallest absolute Gasteiger partial charge is 0.242 e. The Kier molecular flexibility index (Phi) is 2.72. The van der Waals surface area contributed by atoms with Gasteiger partial charge in [0, 0.05) is 0 Å². The van der Waals surface area contributed by atoms with E-state index in [-0.39, 0.29) is 5.91 Å². The Hall–Kier alpha value is -1.35. The number of rotatable bonds is 2. The van der Waals surface area contributed by atoms with Crippen molar-refractivity contribution in [3.05, 3.63) is 35.4 Å². The summed E-state index contributed by atoms with van der Waals surface area (Å²) in [4.78, 5) is 11.7. The third kappa shape index (κ3) is 1.43. The molecular formula is C13H18N2O. The molecule has 1 amide bonds. The van der Waals surface area contributed by atoms with Crippen molar-refractivity contribution in [2.75, 3.05) is 7.05 Å². The summed E-state index contributed by atoms with van der Waals surface area (Å²) in [5.74, 6) is 0.214. The average molecular weight is 218 g/mol. The molecule has 2 atom stereocenters. The normalized spacial score (nSPS) is 28.5. The van der Waals surface area contributed by atoms with Gasteiger partial charge in [0.2, 0.25) is 5.91 Å². The average Bonchev–Trinajstić information content (AvgIpc) is 2.30. The molecule has 0 aromatic heterocycles. The van der Waals surface area contributed by atoms with Crippen molar-refractivity contribution in [1.82, 2.24) is 5.32 Å². The molecule has 0 fully saturated rings. The molecule has 0 saturated heterocycles. The third-order valence-electron chi connectivity index (χ3n) is 3.75. The molecule has 1 aromatic carbocycles. The van der Waals surface area contributed by atoms with Crippen molar-refractivity contribution in [2.24, 2.45) is 5.73 Å². The fourth-order valence-corrected chi connectivity index (χ4v) is 2.68. The number of fused-ring (bicyclic) bond motifs is 1. The van der Waals surface area contributed by atoms with Crippen molar-refractivity contribution in [3.8, 4) is 0 Å². The van der Waals surface area contributed by atoms with Gasteiger partial charge in [-0.3, -0.25) is 4.79 Å². The van der Waals surface area contributed by atoms with Crippen LogP contribution in [0.4, 0.5) is 0 Å². The number of benzene rings is 1. The minimum Gasteiger partial charge on any atom is -0.368 e. The van der Waals surface area contributed by atoms with Crippen molar-refractivity contribution < 1.29 is 4.79 Å². The van der Waals surface area contributed by atoms with Gasteiger partial charge in [-0.15, -0.1) is 0 Å². The number of amides is 1. The molecule has 86 valence electrons. The molecule has 0 radical (unpaired) electrons. The summed E-state index contributed by atoms with van der Waals surface area (Å²) in [5, 5.41) is 3.12. The molecule has 0 saturated carbocycles.